The molecular formula is C20H25NO3. The number of nitrogens with one attached hydrogen (secondary N) is 1. The maximum absolute atomic E-state index is 12.2. The standard InChI is InChI=1S/C20H25NO3/c1-14-5-10-19(15(2)13-14)24-16(3)20(22)21-12-11-17-6-8-18(23-4)9-7-17/h5-10,13,16H,11-12H2,1-4H3,(H,21,22)/t16-/m0/s1. The van der Waals surface area contributed by atoms with Crippen molar-refractivity contribution in [3.8, 4) is 11.5 Å². The molecule has 4 nitrogen and oxygen atoms in total. The lowest BCUT2D eigenvalue weighted by Gasteiger charge is -2.16. The third-order valence-corrected chi connectivity index (χ3v) is 3.88. The number of ether oxygens (including phenoxy) is 2. The highest BCUT2D eigenvalue weighted by molar-refractivity contribution is 5.80. The van der Waals surface area contributed by atoms with Gasteiger partial charge in [0.15, 0.2) is 6.10 Å². The minimum absolute atomic E-state index is 0.108. The smallest absolute Gasteiger partial charge is 0.260 e. The van der Waals surface area contributed by atoms with Crippen LogP contribution in [0.1, 0.15) is 23.6 Å². The van der Waals surface area contributed by atoms with E-state index in [-0.39, 0.29) is 5.91 Å². The van der Waals surface area contributed by atoms with E-state index in [0.29, 0.717) is 6.54 Å². The fourth-order valence-electron chi connectivity index (χ4n) is 2.44. The first-order valence-electron chi connectivity index (χ1n) is 8.14. The Morgan fingerprint density at radius 2 is 1.83 bits per heavy atom. The molecule has 0 unspecified atom stereocenters. The summed E-state index contributed by atoms with van der Waals surface area (Å²) in [5, 5.41) is 2.92. The molecular weight excluding hydrogens is 302 g/mol. The highest BCUT2D eigenvalue weighted by atomic mass is 16.5. The first-order valence-corrected chi connectivity index (χ1v) is 8.14. The van der Waals surface area contributed by atoms with Crippen LogP contribution in [0.4, 0.5) is 0 Å². The van der Waals surface area contributed by atoms with Crippen molar-refractivity contribution in [3.05, 3.63) is 59.2 Å². The van der Waals surface area contributed by atoms with Gasteiger partial charge in [-0.1, -0.05) is 29.8 Å². The molecule has 2 aromatic rings. The Morgan fingerprint density at radius 1 is 1.12 bits per heavy atom. The quantitative estimate of drug-likeness (QED) is 0.847. The number of amides is 1. The van der Waals surface area contributed by atoms with E-state index in [4.69, 9.17) is 9.47 Å². The topological polar surface area (TPSA) is 47.6 Å². The van der Waals surface area contributed by atoms with Gasteiger partial charge in [0.1, 0.15) is 11.5 Å². The molecule has 0 aromatic heterocycles. The van der Waals surface area contributed by atoms with Crippen LogP contribution in [0.3, 0.4) is 0 Å². The lowest BCUT2D eigenvalue weighted by atomic mass is 10.1. The van der Waals surface area contributed by atoms with E-state index >= 15 is 0 Å². The Bertz CT molecular complexity index is 680. The predicted octanol–water partition coefficient (Wildman–Crippen LogP) is 3.44. The van der Waals surface area contributed by atoms with Gasteiger partial charge in [0.05, 0.1) is 7.11 Å². The van der Waals surface area contributed by atoms with E-state index in [0.717, 1.165) is 29.0 Å². The third-order valence-electron chi connectivity index (χ3n) is 3.88. The van der Waals surface area contributed by atoms with Crippen molar-refractivity contribution in [2.75, 3.05) is 13.7 Å². The Hall–Kier alpha value is -2.49. The molecule has 24 heavy (non-hydrogen) atoms. The zero-order valence-electron chi connectivity index (χ0n) is 14.8. The number of rotatable bonds is 7. The summed E-state index contributed by atoms with van der Waals surface area (Å²) < 4.78 is 10.9. The summed E-state index contributed by atoms with van der Waals surface area (Å²) in [5.74, 6) is 1.47. The van der Waals surface area contributed by atoms with Crippen LogP contribution in [0.15, 0.2) is 42.5 Å². The predicted molar refractivity (Wildman–Crippen MR) is 95.7 cm³/mol. The Balaban J connectivity index is 1.80. The fourth-order valence-corrected chi connectivity index (χ4v) is 2.44. The molecule has 0 bridgehead atoms. The number of benzene rings is 2. The van der Waals surface area contributed by atoms with Gasteiger partial charge in [-0.05, 0) is 56.5 Å². The molecule has 1 N–H and O–H groups in total. The van der Waals surface area contributed by atoms with Gasteiger partial charge in [0.25, 0.3) is 5.91 Å². The van der Waals surface area contributed by atoms with Crippen LogP contribution in [0.5, 0.6) is 11.5 Å². The average Bonchev–Trinajstić information content (AvgIpc) is 2.57. The van der Waals surface area contributed by atoms with Gasteiger partial charge in [0, 0.05) is 6.54 Å². The highest BCUT2D eigenvalue weighted by Gasteiger charge is 2.15. The molecule has 2 aromatic carbocycles. The molecule has 1 atom stereocenters. The Morgan fingerprint density at radius 3 is 2.46 bits per heavy atom. The van der Waals surface area contributed by atoms with Crippen LogP contribution in [0, 0.1) is 13.8 Å². The van der Waals surface area contributed by atoms with E-state index in [1.54, 1.807) is 14.0 Å². The number of methoxy groups -OCH3 is 1. The molecule has 2 rings (SSSR count). The van der Waals surface area contributed by atoms with Gasteiger partial charge in [0.2, 0.25) is 0 Å². The van der Waals surface area contributed by atoms with Crippen LogP contribution in [0.2, 0.25) is 0 Å². The van der Waals surface area contributed by atoms with Crippen molar-refractivity contribution in [1.29, 1.82) is 0 Å². The summed E-state index contributed by atoms with van der Waals surface area (Å²) in [4.78, 5) is 12.2. The maximum Gasteiger partial charge on any atom is 0.260 e. The van der Waals surface area contributed by atoms with Crippen molar-refractivity contribution >= 4 is 5.91 Å². The molecule has 0 fully saturated rings. The second kappa shape index (κ2) is 8.39. The van der Waals surface area contributed by atoms with Gasteiger partial charge in [-0.3, -0.25) is 4.79 Å². The average molecular weight is 327 g/mol. The van der Waals surface area contributed by atoms with E-state index in [9.17, 15) is 4.79 Å². The summed E-state index contributed by atoms with van der Waals surface area (Å²) in [6.45, 7) is 6.36. The van der Waals surface area contributed by atoms with Crippen molar-refractivity contribution < 1.29 is 14.3 Å². The molecule has 0 saturated carbocycles. The molecule has 0 aliphatic rings. The number of carbonyl (C=O) groups excluding carboxylic acids is 1. The number of hydrogen-bond donors (Lipinski definition) is 1. The second-order valence-corrected chi connectivity index (χ2v) is 5.92. The van der Waals surface area contributed by atoms with E-state index in [1.807, 2.05) is 56.3 Å². The van der Waals surface area contributed by atoms with Crippen molar-refractivity contribution in [3.63, 3.8) is 0 Å². The van der Waals surface area contributed by atoms with Gasteiger partial charge >= 0.3 is 0 Å². The first-order chi connectivity index (χ1) is 11.5. The van der Waals surface area contributed by atoms with E-state index < -0.39 is 6.10 Å². The summed E-state index contributed by atoms with van der Waals surface area (Å²) in [5.41, 5.74) is 3.36. The molecule has 0 saturated heterocycles. The van der Waals surface area contributed by atoms with Crippen molar-refractivity contribution in [2.24, 2.45) is 0 Å². The number of carbonyl (C=O) groups is 1. The van der Waals surface area contributed by atoms with E-state index in [1.165, 1.54) is 5.56 Å². The van der Waals surface area contributed by atoms with Crippen LogP contribution in [-0.4, -0.2) is 25.7 Å². The molecule has 128 valence electrons. The summed E-state index contributed by atoms with van der Waals surface area (Å²) in [6, 6.07) is 13.8. The summed E-state index contributed by atoms with van der Waals surface area (Å²) in [7, 11) is 1.65. The normalized spacial score (nSPS) is 11.7. The molecule has 4 heteroatoms. The van der Waals surface area contributed by atoms with Crippen molar-refractivity contribution in [1.82, 2.24) is 5.32 Å². The van der Waals surface area contributed by atoms with Crippen LogP contribution in [-0.2, 0) is 11.2 Å². The fraction of sp³-hybridized carbons (Fsp3) is 0.350. The lowest BCUT2D eigenvalue weighted by molar-refractivity contribution is -0.127. The Kier molecular flexibility index (Phi) is 6.24. The summed E-state index contributed by atoms with van der Waals surface area (Å²) in [6.07, 6.45) is 0.244. The van der Waals surface area contributed by atoms with Crippen molar-refractivity contribution in [2.45, 2.75) is 33.3 Å². The molecule has 0 heterocycles. The van der Waals surface area contributed by atoms with Gasteiger partial charge in [-0.15, -0.1) is 0 Å². The summed E-state index contributed by atoms with van der Waals surface area (Å²) >= 11 is 0. The molecule has 0 aliphatic carbocycles. The van der Waals surface area contributed by atoms with Crippen LogP contribution >= 0.6 is 0 Å². The van der Waals surface area contributed by atoms with Gasteiger partial charge in [-0.25, -0.2) is 0 Å². The zero-order valence-corrected chi connectivity index (χ0v) is 14.8. The first kappa shape index (κ1) is 17.9. The third kappa shape index (κ3) is 5.01. The maximum atomic E-state index is 12.2. The van der Waals surface area contributed by atoms with Gasteiger partial charge in [-0.2, -0.15) is 0 Å². The van der Waals surface area contributed by atoms with E-state index in [2.05, 4.69) is 5.32 Å². The monoisotopic (exact) mass is 327 g/mol. The molecule has 0 spiro atoms. The molecule has 0 radical (unpaired) electrons. The van der Waals surface area contributed by atoms with Crippen LogP contribution < -0.4 is 14.8 Å². The second-order valence-electron chi connectivity index (χ2n) is 5.92. The molecule has 0 aliphatic heterocycles. The molecule has 1 amide bonds. The minimum Gasteiger partial charge on any atom is -0.497 e. The number of hydrogen-bond acceptors (Lipinski definition) is 3. The number of aryl methyl sites for hydroxylation is 2. The Labute approximate surface area is 143 Å². The van der Waals surface area contributed by atoms with Gasteiger partial charge < -0.3 is 14.8 Å². The lowest BCUT2D eigenvalue weighted by Crippen LogP contribution is -2.37. The SMILES string of the molecule is COc1ccc(CCNC(=O)[C@H](C)Oc2ccc(C)cc2C)cc1. The van der Waals surface area contributed by atoms with Crippen LogP contribution in [0.25, 0.3) is 0 Å². The largest absolute Gasteiger partial charge is 0.497 e. The minimum atomic E-state index is -0.526. The highest BCUT2D eigenvalue weighted by Crippen LogP contribution is 2.20. The zero-order chi connectivity index (χ0) is 17.5.